The summed E-state index contributed by atoms with van der Waals surface area (Å²) in [5, 5.41) is 4.29. The topological polar surface area (TPSA) is 91.3 Å². The maximum Gasteiger partial charge on any atom is 0.124 e. The second-order valence-electron chi connectivity index (χ2n) is 10.7. The Kier molecular flexibility index (Phi) is 8.38. The van der Waals surface area contributed by atoms with Crippen LogP contribution in [0.3, 0.4) is 0 Å². The van der Waals surface area contributed by atoms with Crippen molar-refractivity contribution in [2.24, 2.45) is 18.9 Å². The fourth-order valence-electron chi connectivity index (χ4n) is 5.18. The molecule has 3 aromatic carbocycles. The van der Waals surface area contributed by atoms with Crippen LogP contribution in [0.4, 0.5) is 17.1 Å². The number of nitrogens with two attached hydrogens (primary N) is 1. The number of benzene rings is 3. The van der Waals surface area contributed by atoms with E-state index < -0.39 is 0 Å². The molecule has 0 saturated heterocycles. The molecule has 0 amide bonds. The van der Waals surface area contributed by atoms with E-state index in [2.05, 4.69) is 53.1 Å². The van der Waals surface area contributed by atoms with Crippen LogP contribution in [0.15, 0.2) is 79.3 Å². The molecule has 0 aliphatic carbocycles. The number of aryl methyl sites for hydroxylation is 1. The van der Waals surface area contributed by atoms with E-state index in [1.807, 2.05) is 49.6 Å². The molecule has 8 nitrogen and oxygen atoms in total. The summed E-state index contributed by atoms with van der Waals surface area (Å²) in [5.74, 6) is 2.40. The van der Waals surface area contributed by atoms with Gasteiger partial charge in [0.2, 0.25) is 0 Å². The number of methoxy groups -OCH3 is 2. The second kappa shape index (κ2) is 12.3. The molecule has 0 aliphatic heterocycles. The Morgan fingerprint density at radius 1 is 0.902 bits per heavy atom. The molecule has 8 heteroatoms. The van der Waals surface area contributed by atoms with Gasteiger partial charge in [-0.15, -0.1) is 0 Å². The van der Waals surface area contributed by atoms with Crippen LogP contribution >= 0.6 is 0 Å². The highest BCUT2D eigenvalue weighted by Crippen LogP contribution is 2.35. The first-order valence-electron chi connectivity index (χ1n) is 13.9. The summed E-state index contributed by atoms with van der Waals surface area (Å²) in [5.41, 5.74) is 13.8. The van der Waals surface area contributed by atoms with Crippen LogP contribution in [-0.4, -0.2) is 40.5 Å². The maximum atomic E-state index is 6.32. The molecule has 212 valence electrons. The third kappa shape index (κ3) is 6.43. The van der Waals surface area contributed by atoms with Gasteiger partial charge in [0.05, 0.1) is 43.3 Å². The van der Waals surface area contributed by atoms with Crippen molar-refractivity contribution in [1.82, 2.24) is 19.7 Å². The second-order valence-corrected chi connectivity index (χ2v) is 10.7. The Bertz CT molecular complexity index is 1610. The summed E-state index contributed by atoms with van der Waals surface area (Å²) in [6, 6.07) is 20.4. The Labute approximate surface area is 241 Å². The minimum Gasteiger partial charge on any atom is -0.497 e. The Hall–Kier alpha value is -4.59. The van der Waals surface area contributed by atoms with Crippen molar-refractivity contribution in [2.45, 2.75) is 26.7 Å². The van der Waals surface area contributed by atoms with Gasteiger partial charge in [-0.05, 0) is 54.5 Å². The van der Waals surface area contributed by atoms with Crippen LogP contribution in [0.5, 0.6) is 11.5 Å². The fraction of sp³-hybridized carbons (Fsp3) is 0.303. The van der Waals surface area contributed by atoms with Gasteiger partial charge in [-0.3, -0.25) is 9.67 Å². The van der Waals surface area contributed by atoms with Gasteiger partial charge < -0.3 is 20.1 Å². The highest BCUT2D eigenvalue weighted by molar-refractivity contribution is 5.82. The van der Waals surface area contributed by atoms with Gasteiger partial charge >= 0.3 is 0 Å². The molecule has 0 fully saturated rings. The maximum absolute atomic E-state index is 6.32. The highest BCUT2D eigenvalue weighted by Gasteiger charge is 2.20. The van der Waals surface area contributed by atoms with Gasteiger partial charge in [0.25, 0.3) is 0 Å². The van der Waals surface area contributed by atoms with E-state index in [-0.39, 0.29) is 0 Å². The molecule has 2 aromatic heterocycles. The molecule has 5 rings (SSSR count). The zero-order chi connectivity index (χ0) is 28.9. The Balaban J connectivity index is 1.52. The third-order valence-corrected chi connectivity index (χ3v) is 7.69. The van der Waals surface area contributed by atoms with Gasteiger partial charge in [-0.1, -0.05) is 32.0 Å². The molecule has 1 unspecified atom stereocenters. The van der Waals surface area contributed by atoms with Gasteiger partial charge in [-0.25, -0.2) is 4.98 Å². The number of ether oxygens (including phenoxy) is 2. The first-order chi connectivity index (χ1) is 19.8. The van der Waals surface area contributed by atoms with Crippen molar-refractivity contribution in [1.29, 1.82) is 0 Å². The number of fused-ring (bicyclic) bond motifs is 1. The van der Waals surface area contributed by atoms with Crippen molar-refractivity contribution in [3.8, 4) is 22.8 Å². The van der Waals surface area contributed by atoms with E-state index in [0.717, 1.165) is 70.2 Å². The molecule has 0 aliphatic rings. The zero-order valence-corrected chi connectivity index (χ0v) is 24.4. The van der Waals surface area contributed by atoms with Crippen molar-refractivity contribution < 1.29 is 9.47 Å². The van der Waals surface area contributed by atoms with Gasteiger partial charge in [0.15, 0.2) is 0 Å². The molecule has 41 heavy (non-hydrogen) atoms. The zero-order valence-electron chi connectivity index (χ0n) is 24.4. The average Bonchev–Trinajstić information content (AvgIpc) is 3.43. The number of anilines is 3. The van der Waals surface area contributed by atoms with Crippen LogP contribution in [0.1, 0.15) is 25.8 Å². The number of aromatic nitrogens is 4. The van der Waals surface area contributed by atoms with E-state index in [1.54, 1.807) is 31.3 Å². The molecule has 0 bridgehead atoms. The first-order valence-corrected chi connectivity index (χ1v) is 13.9. The van der Waals surface area contributed by atoms with Crippen LogP contribution in [0, 0.1) is 11.8 Å². The first kappa shape index (κ1) is 28.0. The average molecular weight is 551 g/mol. The number of rotatable bonds is 11. The quantitative estimate of drug-likeness (QED) is 0.184. The SMILES string of the molecule is COc1cc(OC)cc(N(CCC(Cc2ccccc2N)C(C)C)c2ccc3ncc(-c4cnn(C)c4)nc3c2)c1. The summed E-state index contributed by atoms with van der Waals surface area (Å²) in [6.45, 7) is 5.36. The number of hydrogen-bond donors (Lipinski definition) is 1. The summed E-state index contributed by atoms with van der Waals surface area (Å²) >= 11 is 0. The number of hydrogen-bond acceptors (Lipinski definition) is 7. The lowest BCUT2D eigenvalue weighted by Gasteiger charge is -2.30. The highest BCUT2D eigenvalue weighted by atomic mass is 16.5. The molecule has 0 saturated carbocycles. The summed E-state index contributed by atoms with van der Waals surface area (Å²) in [7, 11) is 5.24. The van der Waals surface area contributed by atoms with E-state index in [1.165, 1.54) is 5.56 Å². The van der Waals surface area contributed by atoms with Gasteiger partial charge in [0, 0.05) is 60.6 Å². The van der Waals surface area contributed by atoms with Crippen molar-refractivity contribution in [3.63, 3.8) is 0 Å². The molecule has 5 aromatic rings. The number of nitrogen functional groups attached to an aromatic ring is 1. The molecular formula is C33H38N6O2. The van der Waals surface area contributed by atoms with Crippen LogP contribution in [0.25, 0.3) is 22.3 Å². The standard InChI is InChI=1S/C33H38N6O2/c1-22(2)23(14-24-8-6-7-9-30(24)34)12-13-39(27-15-28(40-4)18-29(16-27)41-5)26-10-11-31-32(17-26)37-33(20-35-31)25-19-36-38(3)21-25/h6-11,15-23H,12-14,34H2,1-5H3. The molecule has 0 radical (unpaired) electrons. The third-order valence-electron chi connectivity index (χ3n) is 7.69. The summed E-state index contributed by atoms with van der Waals surface area (Å²) < 4.78 is 13.0. The van der Waals surface area contributed by atoms with E-state index >= 15 is 0 Å². The lowest BCUT2D eigenvalue weighted by molar-refractivity contribution is 0.361. The van der Waals surface area contributed by atoms with Crippen molar-refractivity contribution >= 4 is 28.1 Å². The van der Waals surface area contributed by atoms with E-state index in [4.69, 9.17) is 20.2 Å². The van der Waals surface area contributed by atoms with Crippen LogP contribution in [-0.2, 0) is 13.5 Å². The van der Waals surface area contributed by atoms with Gasteiger partial charge in [-0.2, -0.15) is 5.10 Å². The largest absolute Gasteiger partial charge is 0.497 e. The minimum absolute atomic E-state index is 0.437. The summed E-state index contributed by atoms with van der Waals surface area (Å²) in [4.78, 5) is 11.9. The minimum atomic E-state index is 0.437. The lowest BCUT2D eigenvalue weighted by atomic mass is 9.86. The van der Waals surface area contributed by atoms with Crippen molar-refractivity contribution in [2.75, 3.05) is 31.4 Å². The van der Waals surface area contributed by atoms with Crippen LogP contribution < -0.4 is 20.1 Å². The monoisotopic (exact) mass is 550 g/mol. The molecule has 0 spiro atoms. The van der Waals surface area contributed by atoms with Crippen molar-refractivity contribution in [3.05, 3.63) is 84.8 Å². The number of nitrogens with zero attached hydrogens (tertiary/aromatic N) is 5. The van der Waals surface area contributed by atoms with E-state index in [9.17, 15) is 0 Å². The van der Waals surface area contributed by atoms with Gasteiger partial charge in [0.1, 0.15) is 11.5 Å². The summed E-state index contributed by atoms with van der Waals surface area (Å²) in [6.07, 6.45) is 7.44. The molecule has 2 N–H and O–H groups in total. The molecular weight excluding hydrogens is 512 g/mol. The molecule has 1 atom stereocenters. The smallest absolute Gasteiger partial charge is 0.124 e. The fourth-order valence-corrected chi connectivity index (χ4v) is 5.18. The van der Waals surface area contributed by atoms with Crippen LogP contribution in [0.2, 0.25) is 0 Å². The predicted molar refractivity (Wildman–Crippen MR) is 166 cm³/mol. The molecule has 2 heterocycles. The Morgan fingerprint density at radius 3 is 2.32 bits per heavy atom. The predicted octanol–water partition coefficient (Wildman–Crippen LogP) is 6.67. The van der Waals surface area contributed by atoms with E-state index in [0.29, 0.717) is 11.8 Å². The number of para-hydroxylation sites is 1. The lowest BCUT2D eigenvalue weighted by Crippen LogP contribution is -2.24. The Morgan fingerprint density at radius 2 is 1.66 bits per heavy atom. The normalized spacial score (nSPS) is 12.0.